The van der Waals surface area contributed by atoms with Gasteiger partial charge >= 0.3 is 0 Å². The highest BCUT2D eigenvalue weighted by Crippen LogP contribution is 2.32. The molecule has 0 aromatic carbocycles. The number of ether oxygens (including phenoxy) is 1. The van der Waals surface area contributed by atoms with E-state index in [1.807, 2.05) is 22.9 Å². The Balaban J connectivity index is 1.28. The molecular formula is C21H28N4O3. The van der Waals surface area contributed by atoms with Crippen molar-refractivity contribution in [3.05, 3.63) is 42.4 Å². The third kappa shape index (κ3) is 3.61. The third-order valence-electron chi connectivity index (χ3n) is 6.48. The largest absolute Gasteiger partial charge is 0.454 e. The molecule has 0 radical (unpaired) electrons. The Kier molecular flexibility index (Phi) is 4.94. The normalized spacial score (nSPS) is 26.5. The molecule has 0 aliphatic carbocycles. The predicted octanol–water partition coefficient (Wildman–Crippen LogP) is 2.24. The van der Waals surface area contributed by atoms with E-state index in [2.05, 4.69) is 14.8 Å². The number of fused-ring (bicyclic) bond motifs is 4. The second kappa shape index (κ2) is 7.72. The summed E-state index contributed by atoms with van der Waals surface area (Å²) in [6.45, 7) is 5.26. The van der Waals surface area contributed by atoms with Crippen LogP contribution in [0.25, 0.3) is 0 Å². The Labute approximate surface area is 165 Å². The Bertz CT molecular complexity index is 796. The van der Waals surface area contributed by atoms with Gasteiger partial charge in [-0.25, -0.2) is 4.98 Å². The van der Waals surface area contributed by atoms with Crippen molar-refractivity contribution in [3.63, 3.8) is 0 Å². The van der Waals surface area contributed by atoms with Gasteiger partial charge < -0.3 is 18.6 Å². The second-order valence-electron chi connectivity index (χ2n) is 8.35. The van der Waals surface area contributed by atoms with Crippen molar-refractivity contribution in [1.82, 2.24) is 19.4 Å². The van der Waals surface area contributed by atoms with Gasteiger partial charge in [0.15, 0.2) is 5.76 Å². The molecule has 7 heteroatoms. The summed E-state index contributed by atoms with van der Waals surface area (Å²) in [5.41, 5.74) is 0. The first-order valence-corrected chi connectivity index (χ1v) is 10.4. The van der Waals surface area contributed by atoms with Gasteiger partial charge in [-0.2, -0.15) is 0 Å². The van der Waals surface area contributed by atoms with E-state index < -0.39 is 0 Å². The van der Waals surface area contributed by atoms with E-state index in [0.717, 1.165) is 57.9 Å². The van der Waals surface area contributed by atoms with Crippen molar-refractivity contribution in [2.75, 3.05) is 32.8 Å². The molecule has 0 unspecified atom stereocenters. The molecule has 0 saturated carbocycles. The fraction of sp³-hybridized carbons (Fsp3) is 0.619. The number of piperidine rings is 1. The molecule has 4 saturated heterocycles. The lowest BCUT2D eigenvalue weighted by molar-refractivity contribution is 0.0302. The summed E-state index contributed by atoms with van der Waals surface area (Å²) in [7, 11) is 0. The van der Waals surface area contributed by atoms with Gasteiger partial charge in [0.05, 0.1) is 12.9 Å². The number of furan rings is 1. The van der Waals surface area contributed by atoms with Gasteiger partial charge in [0.2, 0.25) is 0 Å². The average Bonchev–Trinajstić information content (AvgIpc) is 3.33. The van der Waals surface area contributed by atoms with Crippen LogP contribution in [-0.2, 0) is 11.3 Å². The lowest BCUT2D eigenvalue weighted by atomic mass is 9.95. The maximum absolute atomic E-state index is 13.2. The zero-order chi connectivity index (χ0) is 18.9. The van der Waals surface area contributed by atoms with Crippen molar-refractivity contribution >= 4 is 5.91 Å². The molecule has 0 N–H and O–H groups in total. The van der Waals surface area contributed by atoms with Crippen LogP contribution in [0.1, 0.15) is 42.0 Å². The van der Waals surface area contributed by atoms with E-state index in [1.54, 1.807) is 12.5 Å². The predicted molar refractivity (Wildman–Crippen MR) is 103 cm³/mol. The van der Waals surface area contributed by atoms with E-state index in [9.17, 15) is 4.79 Å². The Hall–Kier alpha value is -2.12. The van der Waals surface area contributed by atoms with Crippen LogP contribution in [0.5, 0.6) is 0 Å². The monoisotopic (exact) mass is 384 g/mol. The number of hydrogen-bond acceptors (Lipinski definition) is 5. The molecule has 2 atom stereocenters. The molecule has 2 aromatic rings. The fourth-order valence-corrected chi connectivity index (χ4v) is 4.99. The van der Waals surface area contributed by atoms with Crippen LogP contribution in [0.4, 0.5) is 0 Å². The van der Waals surface area contributed by atoms with E-state index in [-0.39, 0.29) is 11.9 Å². The molecule has 4 fully saturated rings. The maximum Gasteiger partial charge on any atom is 0.289 e. The zero-order valence-electron chi connectivity index (χ0n) is 16.2. The van der Waals surface area contributed by atoms with Crippen molar-refractivity contribution in [1.29, 1.82) is 0 Å². The standard InChI is InChI=1S/C21H28N4O3/c26-21(20-4-3-19(28-20)14-23-8-7-22-15-23)25-12-16-1-2-18(25)13-24(11-16)17-5-9-27-10-6-17/h3-4,7-8,15-18H,1-2,5-6,9-14H2/t16-,18+/m0/s1. The first-order valence-electron chi connectivity index (χ1n) is 10.4. The van der Waals surface area contributed by atoms with Crippen LogP contribution < -0.4 is 0 Å². The Morgan fingerprint density at radius 1 is 1.07 bits per heavy atom. The smallest absolute Gasteiger partial charge is 0.289 e. The highest BCUT2D eigenvalue weighted by atomic mass is 16.5. The first-order chi connectivity index (χ1) is 13.8. The molecule has 1 amide bonds. The molecule has 0 spiro atoms. The summed E-state index contributed by atoms with van der Waals surface area (Å²) >= 11 is 0. The van der Waals surface area contributed by atoms with E-state index in [1.165, 1.54) is 6.42 Å². The first kappa shape index (κ1) is 17.9. The summed E-state index contributed by atoms with van der Waals surface area (Å²) in [6.07, 6.45) is 9.93. The SMILES string of the molecule is O=C(c1ccc(Cn2ccnc2)o1)N1C[C@H]2CC[C@@H]1CN(C1CCOCC1)C2. The quantitative estimate of drug-likeness (QED) is 0.809. The lowest BCUT2D eigenvalue weighted by Crippen LogP contribution is -2.48. The van der Waals surface area contributed by atoms with E-state index >= 15 is 0 Å². The highest BCUT2D eigenvalue weighted by molar-refractivity contribution is 5.92. The molecule has 6 heterocycles. The summed E-state index contributed by atoms with van der Waals surface area (Å²) in [5.74, 6) is 1.84. The number of hydrogen-bond donors (Lipinski definition) is 0. The summed E-state index contributed by atoms with van der Waals surface area (Å²) in [5, 5.41) is 0. The van der Waals surface area contributed by atoms with Crippen LogP contribution in [0, 0.1) is 5.92 Å². The number of imidazole rings is 1. The van der Waals surface area contributed by atoms with Gasteiger partial charge in [-0.15, -0.1) is 0 Å². The minimum absolute atomic E-state index is 0.0420. The molecule has 28 heavy (non-hydrogen) atoms. The molecule has 4 aliphatic heterocycles. The Morgan fingerprint density at radius 2 is 1.96 bits per heavy atom. The van der Waals surface area contributed by atoms with Crippen LogP contribution in [0.2, 0.25) is 0 Å². The van der Waals surface area contributed by atoms with Gasteiger partial charge in [0.25, 0.3) is 5.91 Å². The van der Waals surface area contributed by atoms with Crippen LogP contribution >= 0.6 is 0 Å². The molecular weight excluding hydrogens is 356 g/mol. The summed E-state index contributed by atoms with van der Waals surface area (Å²) < 4.78 is 13.4. The van der Waals surface area contributed by atoms with Crippen molar-refractivity contribution in [2.24, 2.45) is 5.92 Å². The van der Waals surface area contributed by atoms with Gasteiger partial charge in [0.1, 0.15) is 5.76 Å². The van der Waals surface area contributed by atoms with Crippen molar-refractivity contribution < 1.29 is 13.9 Å². The minimum atomic E-state index is 0.0420. The number of nitrogens with zero attached hydrogens (tertiary/aromatic N) is 4. The highest BCUT2D eigenvalue weighted by Gasteiger charge is 2.40. The van der Waals surface area contributed by atoms with Gasteiger partial charge in [-0.05, 0) is 43.7 Å². The zero-order valence-corrected chi connectivity index (χ0v) is 16.2. The average molecular weight is 384 g/mol. The number of rotatable bonds is 4. The third-order valence-corrected chi connectivity index (χ3v) is 6.48. The molecule has 7 nitrogen and oxygen atoms in total. The van der Waals surface area contributed by atoms with Gasteiger partial charge in [0, 0.05) is 57.3 Å². The van der Waals surface area contributed by atoms with Crippen LogP contribution in [0.15, 0.2) is 35.3 Å². The van der Waals surface area contributed by atoms with E-state index in [0.29, 0.717) is 24.3 Å². The Morgan fingerprint density at radius 3 is 2.79 bits per heavy atom. The van der Waals surface area contributed by atoms with Crippen LogP contribution in [-0.4, -0.2) is 70.2 Å². The lowest BCUT2D eigenvalue weighted by Gasteiger charge is -2.36. The number of amides is 1. The summed E-state index contributed by atoms with van der Waals surface area (Å²) in [6, 6.07) is 4.62. The topological polar surface area (TPSA) is 63.7 Å². The summed E-state index contributed by atoms with van der Waals surface area (Å²) in [4.78, 5) is 22.0. The van der Waals surface area contributed by atoms with Crippen molar-refractivity contribution in [2.45, 2.75) is 44.3 Å². The number of carbonyl (C=O) groups excluding carboxylic acids is 1. The van der Waals surface area contributed by atoms with E-state index in [4.69, 9.17) is 9.15 Å². The van der Waals surface area contributed by atoms with Crippen molar-refractivity contribution in [3.8, 4) is 0 Å². The van der Waals surface area contributed by atoms with Crippen LogP contribution in [0.3, 0.4) is 0 Å². The molecule has 4 aliphatic rings. The van der Waals surface area contributed by atoms with Gasteiger partial charge in [-0.1, -0.05) is 0 Å². The maximum atomic E-state index is 13.2. The molecule has 2 bridgehead atoms. The molecule has 150 valence electrons. The molecule has 2 aromatic heterocycles. The van der Waals surface area contributed by atoms with Gasteiger partial charge in [-0.3, -0.25) is 9.69 Å². The molecule has 6 rings (SSSR count). The fourth-order valence-electron chi connectivity index (χ4n) is 4.99. The minimum Gasteiger partial charge on any atom is -0.454 e. The number of aromatic nitrogens is 2. The second-order valence-corrected chi connectivity index (χ2v) is 8.35. The number of carbonyl (C=O) groups is 1.